The first-order chi connectivity index (χ1) is 10.3. The standard InChI is InChI=1S/C14H11FINO4S/c1-21-14(18)12-7-2-9(15)8-13(12)22(19,20)17-11-5-3-10(16)4-6-11/h2-8,17H,1H3. The van der Waals surface area contributed by atoms with Gasteiger partial charge in [0.05, 0.1) is 12.7 Å². The van der Waals surface area contributed by atoms with Gasteiger partial charge in [0.2, 0.25) is 0 Å². The summed E-state index contributed by atoms with van der Waals surface area (Å²) in [6.45, 7) is 0. The van der Waals surface area contributed by atoms with E-state index in [0.29, 0.717) is 5.69 Å². The summed E-state index contributed by atoms with van der Waals surface area (Å²) in [7, 11) is -3.01. The van der Waals surface area contributed by atoms with E-state index in [0.717, 1.165) is 28.9 Å². The maximum atomic E-state index is 13.4. The van der Waals surface area contributed by atoms with Gasteiger partial charge in [-0.2, -0.15) is 0 Å². The van der Waals surface area contributed by atoms with Gasteiger partial charge in [0.25, 0.3) is 10.0 Å². The molecule has 0 amide bonds. The average molecular weight is 435 g/mol. The number of ether oxygens (including phenoxy) is 1. The lowest BCUT2D eigenvalue weighted by Gasteiger charge is -2.11. The Labute approximate surface area is 140 Å². The lowest BCUT2D eigenvalue weighted by atomic mass is 10.2. The number of methoxy groups -OCH3 is 1. The van der Waals surface area contributed by atoms with Crippen LogP contribution in [0.25, 0.3) is 0 Å². The monoisotopic (exact) mass is 435 g/mol. The van der Waals surface area contributed by atoms with E-state index in [4.69, 9.17) is 0 Å². The van der Waals surface area contributed by atoms with Gasteiger partial charge in [-0.3, -0.25) is 4.72 Å². The Morgan fingerprint density at radius 1 is 1.18 bits per heavy atom. The van der Waals surface area contributed by atoms with Crippen molar-refractivity contribution in [2.75, 3.05) is 11.8 Å². The van der Waals surface area contributed by atoms with Crippen molar-refractivity contribution in [3.63, 3.8) is 0 Å². The summed E-state index contributed by atoms with van der Waals surface area (Å²) in [5, 5.41) is 0. The summed E-state index contributed by atoms with van der Waals surface area (Å²) in [5.41, 5.74) is 0.0717. The second kappa shape index (κ2) is 6.61. The molecule has 0 fully saturated rings. The molecule has 22 heavy (non-hydrogen) atoms. The minimum Gasteiger partial charge on any atom is -0.465 e. The Hall–Kier alpha value is -1.68. The molecular weight excluding hydrogens is 424 g/mol. The lowest BCUT2D eigenvalue weighted by Crippen LogP contribution is -2.18. The third-order valence-corrected chi connectivity index (χ3v) is 4.88. The molecule has 0 aliphatic rings. The third-order valence-electron chi connectivity index (χ3n) is 2.73. The molecule has 0 unspecified atom stereocenters. The number of nitrogens with one attached hydrogen (secondary N) is 1. The highest BCUT2D eigenvalue weighted by Gasteiger charge is 2.24. The number of halogens is 2. The molecule has 8 heteroatoms. The summed E-state index contributed by atoms with van der Waals surface area (Å²) >= 11 is 2.08. The van der Waals surface area contributed by atoms with Crippen LogP contribution in [0.2, 0.25) is 0 Å². The molecule has 5 nitrogen and oxygen atoms in total. The van der Waals surface area contributed by atoms with E-state index in [9.17, 15) is 17.6 Å². The van der Waals surface area contributed by atoms with Gasteiger partial charge in [-0.1, -0.05) is 0 Å². The Morgan fingerprint density at radius 2 is 1.82 bits per heavy atom. The Bertz CT molecular complexity index is 806. The van der Waals surface area contributed by atoms with Crippen LogP contribution in [0.4, 0.5) is 10.1 Å². The van der Waals surface area contributed by atoms with Crippen molar-refractivity contribution in [2.45, 2.75) is 4.90 Å². The zero-order valence-corrected chi connectivity index (χ0v) is 14.3. The predicted octanol–water partition coefficient (Wildman–Crippen LogP) is 3.02. The van der Waals surface area contributed by atoms with Crippen LogP contribution in [0.5, 0.6) is 0 Å². The van der Waals surface area contributed by atoms with Gasteiger partial charge in [0.15, 0.2) is 0 Å². The molecule has 0 saturated heterocycles. The molecule has 2 rings (SSSR count). The fourth-order valence-corrected chi connectivity index (χ4v) is 3.35. The van der Waals surface area contributed by atoms with Crippen molar-refractivity contribution < 1.29 is 22.3 Å². The normalized spacial score (nSPS) is 11.0. The SMILES string of the molecule is COC(=O)c1ccc(F)cc1S(=O)(=O)Nc1ccc(I)cc1. The molecule has 0 aliphatic carbocycles. The number of hydrogen-bond acceptors (Lipinski definition) is 4. The molecule has 2 aromatic carbocycles. The van der Waals surface area contributed by atoms with Gasteiger partial charge in [0, 0.05) is 9.26 Å². The Kier molecular flexibility index (Phi) is 5.01. The highest BCUT2D eigenvalue weighted by atomic mass is 127. The first-order valence-electron chi connectivity index (χ1n) is 6.00. The van der Waals surface area contributed by atoms with Gasteiger partial charge in [0.1, 0.15) is 10.7 Å². The van der Waals surface area contributed by atoms with Crippen molar-refractivity contribution in [3.8, 4) is 0 Å². The predicted molar refractivity (Wildman–Crippen MR) is 87.7 cm³/mol. The third kappa shape index (κ3) is 3.74. The fraction of sp³-hybridized carbons (Fsp3) is 0.0714. The molecule has 0 atom stereocenters. The summed E-state index contributed by atoms with van der Waals surface area (Å²) < 4.78 is 45.9. The smallest absolute Gasteiger partial charge is 0.339 e. The molecule has 0 bridgehead atoms. The number of hydrogen-bond donors (Lipinski definition) is 1. The van der Waals surface area contributed by atoms with Crippen molar-refractivity contribution >= 4 is 44.3 Å². The minimum atomic E-state index is -4.13. The number of esters is 1. The van der Waals surface area contributed by atoms with Crippen LogP contribution in [-0.4, -0.2) is 21.5 Å². The summed E-state index contributed by atoms with van der Waals surface area (Å²) in [4.78, 5) is 11.2. The summed E-state index contributed by atoms with van der Waals surface area (Å²) in [6.07, 6.45) is 0. The number of carbonyl (C=O) groups is 1. The molecule has 0 spiro atoms. The van der Waals surface area contributed by atoms with E-state index >= 15 is 0 Å². The Morgan fingerprint density at radius 3 is 2.41 bits per heavy atom. The van der Waals surface area contributed by atoms with Crippen LogP contribution < -0.4 is 4.72 Å². The molecule has 0 aromatic heterocycles. The number of anilines is 1. The number of benzene rings is 2. The fourth-order valence-electron chi connectivity index (χ4n) is 1.73. The van der Waals surface area contributed by atoms with E-state index in [2.05, 4.69) is 32.0 Å². The molecule has 1 N–H and O–H groups in total. The topological polar surface area (TPSA) is 72.5 Å². The van der Waals surface area contributed by atoms with Crippen molar-refractivity contribution in [1.29, 1.82) is 0 Å². The zero-order valence-electron chi connectivity index (χ0n) is 11.3. The molecule has 2 aromatic rings. The molecule has 0 heterocycles. The van der Waals surface area contributed by atoms with E-state index in [1.54, 1.807) is 24.3 Å². The maximum Gasteiger partial charge on any atom is 0.339 e. The van der Waals surface area contributed by atoms with Crippen LogP contribution in [0, 0.1) is 9.39 Å². The first kappa shape index (κ1) is 16.7. The van der Waals surface area contributed by atoms with E-state index < -0.39 is 26.7 Å². The van der Waals surface area contributed by atoms with E-state index in [1.165, 1.54) is 0 Å². The van der Waals surface area contributed by atoms with Crippen LogP contribution in [0.15, 0.2) is 47.4 Å². The van der Waals surface area contributed by atoms with Gasteiger partial charge >= 0.3 is 5.97 Å². The van der Waals surface area contributed by atoms with Crippen molar-refractivity contribution in [3.05, 3.63) is 57.4 Å². The second-order valence-electron chi connectivity index (χ2n) is 4.24. The summed E-state index contributed by atoms with van der Waals surface area (Å²) in [6, 6.07) is 9.41. The zero-order chi connectivity index (χ0) is 16.3. The largest absolute Gasteiger partial charge is 0.465 e. The lowest BCUT2D eigenvalue weighted by molar-refractivity contribution is 0.0596. The van der Waals surface area contributed by atoms with Crippen LogP contribution >= 0.6 is 22.6 Å². The highest BCUT2D eigenvalue weighted by Crippen LogP contribution is 2.22. The van der Waals surface area contributed by atoms with Gasteiger partial charge < -0.3 is 4.74 Å². The van der Waals surface area contributed by atoms with Crippen LogP contribution in [0.3, 0.4) is 0 Å². The summed E-state index contributed by atoms with van der Waals surface area (Å²) in [5.74, 6) is -1.63. The van der Waals surface area contributed by atoms with Crippen LogP contribution in [0.1, 0.15) is 10.4 Å². The quantitative estimate of drug-likeness (QED) is 0.592. The highest BCUT2D eigenvalue weighted by molar-refractivity contribution is 14.1. The molecule has 0 radical (unpaired) electrons. The van der Waals surface area contributed by atoms with E-state index in [1.807, 2.05) is 0 Å². The van der Waals surface area contributed by atoms with Crippen molar-refractivity contribution in [1.82, 2.24) is 0 Å². The maximum absolute atomic E-state index is 13.4. The van der Waals surface area contributed by atoms with E-state index in [-0.39, 0.29) is 5.56 Å². The number of rotatable bonds is 4. The molecule has 0 aliphatic heterocycles. The number of carbonyl (C=O) groups excluding carboxylic acids is 1. The van der Waals surface area contributed by atoms with Crippen molar-refractivity contribution in [2.24, 2.45) is 0 Å². The van der Waals surface area contributed by atoms with Gasteiger partial charge in [-0.25, -0.2) is 17.6 Å². The first-order valence-corrected chi connectivity index (χ1v) is 8.56. The van der Waals surface area contributed by atoms with Crippen LogP contribution in [-0.2, 0) is 14.8 Å². The molecule has 116 valence electrons. The van der Waals surface area contributed by atoms with Gasteiger partial charge in [-0.15, -0.1) is 0 Å². The number of sulfonamides is 1. The minimum absolute atomic E-state index is 0.234. The Balaban J connectivity index is 2.46. The average Bonchev–Trinajstić information content (AvgIpc) is 2.48. The van der Waals surface area contributed by atoms with Gasteiger partial charge in [-0.05, 0) is 65.1 Å². The second-order valence-corrected chi connectivity index (χ2v) is 7.14. The molecular formula is C14H11FINO4S. The molecule has 0 saturated carbocycles.